The van der Waals surface area contributed by atoms with E-state index in [-0.39, 0.29) is 35.5 Å². The van der Waals surface area contributed by atoms with Crippen molar-refractivity contribution in [2.45, 2.75) is 11.4 Å². The molecule has 1 aromatic carbocycles. The van der Waals surface area contributed by atoms with Gasteiger partial charge in [-0.15, -0.1) is 0 Å². The molecule has 0 bridgehead atoms. The lowest BCUT2D eigenvalue weighted by molar-refractivity contribution is -0.133. The molecule has 2 heterocycles. The number of likely N-dealkylation sites (N-methyl/N-ethyl adjacent to an activating group) is 1. The second-order valence-electron chi connectivity index (χ2n) is 6.47. The minimum Gasteiger partial charge on any atom is -0.468 e. The molecular formula is C18H22ClN3O4S. The van der Waals surface area contributed by atoms with E-state index in [2.05, 4.69) is 0 Å². The maximum Gasteiger partial charge on any atom is 0.244 e. The summed E-state index contributed by atoms with van der Waals surface area (Å²) in [4.78, 5) is 16.1. The number of nitrogens with zero attached hydrogens (tertiary/aromatic N) is 3. The molecule has 2 aromatic rings. The lowest BCUT2D eigenvalue weighted by Gasteiger charge is -2.34. The fourth-order valence-electron chi connectivity index (χ4n) is 3.03. The van der Waals surface area contributed by atoms with Crippen LogP contribution in [0.1, 0.15) is 5.76 Å². The molecule has 0 spiro atoms. The second-order valence-corrected chi connectivity index (χ2v) is 8.78. The monoisotopic (exact) mass is 411 g/mol. The van der Waals surface area contributed by atoms with Crippen molar-refractivity contribution in [2.75, 3.05) is 39.8 Å². The van der Waals surface area contributed by atoms with Crippen LogP contribution < -0.4 is 0 Å². The summed E-state index contributed by atoms with van der Waals surface area (Å²) in [5.74, 6) is 0.764. The Morgan fingerprint density at radius 3 is 2.48 bits per heavy atom. The molecule has 0 unspecified atom stereocenters. The highest BCUT2D eigenvalue weighted by Crippen LogP contribution is 2.25. The van der Waals surface area contributed by atoms with Crippen LogP contribution >= 0.6 is 11.6 Å². The molecule has 0 aliphatic carbocycles. The number of amides is 1. The summed E-state index contributed by atoms with van der Waals surface area (Å²) in [6, 6.07) is 10.1. The largest absolute Gasteiger partial charge is 0.468 e. The summed E-state index contributed by atoms with van der Waals surface area (Å²) >= 11 is 6.04. The quantitative estimate of drug-likeness (QED) is 0.725. The Labute approximate surface area is 164 Å². The lowest BCUT2D eigenvalue weighted by Crippen LogP contribution is -2.52. The number of sulfonamides is 1. The molecule has 1 saturated heterocycles. The molecule has 3 rings (SSSR count). The zero-order chi connectivity index (χ0) is 19.4. The third-order valence-electron chi connectivity index (χ3n) is 4.46. The van der Waals surface area contributed by atoms with E-state index in [1.807, 2.05) is 24.1 Å². The van der Waals surface area contributed by atoms with Crippen LogP contribution in [0, 0.1) is 0 Å². The van der Waals surface area contributed by atoms with Gasteiger partial charge in [0.25, 0.3) is 0 Å². The number of benzene rings is 1. The molecule has 146 valence electrons. The van der Waals surface area contributed by atoms with Crippen molar-refractivity contribution in [2.24, 2.45) is 0 Å². The van der Waals surface area contributed by atoms with Gasteiger partial charge in [-0.1, -0.05) is 23.7 Å². The van der Waals surface area contributed by atoms with E-state index in [1.54, 1.807) is 29.4 Å². The van der Waals surface area contributed by atoms with Gasteiger partial charge in [-0.2, -0.15) is 4.31 Å². The van der Waals surface area contributed by atoms with Crippen LogP contribution in [0.2, 0.25) is 5.02 Å². The van der Waals surface area contributed by atoms with E-state index in [9.17, 15) is 13.2 Å². The van der Waals surface area contributed by atoms with Gasteiger partial charge >= 0.3 is 0 Å². The molecule has 0 N–H and O–H groups in total. The first-order valence-electron chi connectivity index (χ1n) is 8.61. The van der Waals surface area contributed by atoms with Crippen LogP contribution in [-0.4, -0.2) is 68.2 Å². The van der Waals surface area contributed by atoms with Crippen LogP contribution in [0.5, 0.6) is 0 Å². The number of hydrogen-bond acceptors (Lipinski definition) is 5. The first kappa shape index (κ1) is 19.9. The molecule has 27 heavy (non-hydrogen) atoms. The van der Waals surface area contributed by atoms with E-state index in [4.69, 9.17) is 16.0 Å². The van der Waals surface area contributed by atoms with E-state index in [0.717, 1.165) is 5.76 Å². The van der Waals surface area contributed by atoms with Crippen LogP contribution in [-0.2, 0) is 21.4 Å². The van der Waals surface area contributed by atoms with Gasteiger partial charge in [0.15, 0.2) is 0 Å². The first-order valence-corrected chi connectivity index (χ1v) is 10.4. The highest BCUT2D eigenvalue weighted by Gasteiger charge is 2.31. The highest BCUT2D eigenvalue weighted by atomic mass is 35.5. The fourth-order valence-corrected chi connectivity index (χ4v) is 4.94. The summed E-state index contributed by atoms with van der Waals surface area (Å²) in [6.07, 6.45) is 1.60. The highest BCUT2D eigenvalue weighted by molar-refractivity contribution is 7.89. The summed E-state index contributed by atoms with van der Waals surface area (Å²) in [6.45, 7) is 2.01. The predicted octanol–water partition coefficient (Wildman–Crippen LogP) is 1.90. The summed E-state index contributed by atoms with van der Waals surface area (Å²) in [5, 5.41) is 0.204. The third kappa shape index (κ3) is 4.70. The summed E-state index contributed by atoms with van der Waals surface area (Å²) < 4.78 is 32.2. The number of carbonyl (C=O) groups excluding carboxylic acids is 1. The number of carbonyl (C=O) groups is 1. The van der Waals surface area contributed by atoms with Crippen molar-refractivity contribution in [3.63, 3.8) is 0 Å². The standard InChI is InChI=1S/C18H22ClN3O4S/c1-20(13-15-5-4-12-26-15)14-18(23)21-8-10-22(11-9-21)27(24,25)17-7-3-2-6-16(17)19/h2-7,12H,8-11,13-14H2,1H3. The maximum atomic E-state index is 12.8. The summed E-state index contributed by atoms with van der Waals surface area (Å²) in [7, 11) is -1.81. The SMILES string of the molecule is CN(CC(=O)N1CCN(S(=O)(=O)c2ccccc2Cl)CC1)Cc1ccco1. The zero-order valence-corrected chi connectivity index (χ0v) is 16.6. The van der Waals surface area contributed by atoms with Crippen LogP contribution in [0.15, 0.2) is 52.0 Å². The van der Waals surface area contributed by atoms with Crippen molar-refractivity contribution >= 4 is 27.5 Å². The van der Waals surface area contributed by atoms with Gasteiger partial charge in [0.05, 0.1) is 24.4 Å². The number of furan rings is 1. The Balaban J connectivity index is 1.55. The number of halogens is 1. The van der Waals surface area contributed by atoms with Gasteiger partial charge in [-0.05, 0) is 31.3 Å². The Morgan fingerprint density at radius 2 is 1.85 bits per heavy atom. The first-order chi connectivity index (χ1) is 12.9. The Bertz CT molecular complexity index is 878. The lowest BCUT2D eigenvalue weighted by atomic mass is 10.3. The molecule has 7 nitrogen and oxygen atoms in total. The van der Waals surface area contributed by atoms with Crippen molar-refractivity contribution in [3.8, 4) is 0 Å². The number of piperazine rings is 1. The van der Waals surface area contributed by atoms with Gasteiger partial charge < -0.3 is 9.32 Å². The molecule has 9 heteroatoms. The average molecular weight is 412 g/mol. The summed E-state index contributed by atoms with van der Waals surface area (Å²) in [5.41, 5.74) is 0. The van der Waals surface area contributed by atoms with E-state index in [1.165, 1.54) is 10.4 Å². The topological polar surface area (TPSA) is 74.1 Å². The fraction of sp³-hybridized carbons (Fsp3) is 0.389. The van der Waals surface area contributed by atoms with Gasteiger partial charge in [-0.3, -0.25) is 9.69 Å². The molecule has 1 aromatic heterocycles. The van der Waals surface area contributed by atoms with Crippen LogP contribution in [0.4, 0.5) is 0 Å². The molecule has 1 aliphatic heterocycles. The molecule has 1 amide bonds. The maximum absolute atomic E-state index is 12.8. The smallest absolute Gasteiger partial charge is 0.244 e. The van der Waals surface area contributed by atoms with Gasteiger partial charge in [0.1, 0.15) is 10.7 Å². The second kappa shape index (κ2) is 8.43. The van der Waals surface area contributed by atoms with Gasteiger partial charge in [0, 0.05) is 26.2 Å². The molecule has 0 radical (unpaired) electrons. The minimum atomic E-state index is -3.66. The molecule has 0 saturated carbocycles. The number of hydrogen-bond donors (Lipinski definition) is 0. The van der Waals surface area contributed by atoms with Crippen molar-refractivity contribution in [1.29, 1.82) is 0 Å². The van der Waals surface area contributed by atoms with Gasteiger partial charge in [-0.25, -0.2) is 8.42 Å². The normalized spacial score (nSPS) is 16.0. The zero-order valence-electron chi connectivity index (χ0n) is 15.0. The van der Waals surface area contributed by atoms with Crippen molar-refractivity contribution in [1.82, 2.24) is 14.1 Å². The average Bonchev–Trinajstić information content (AvgIpc) is 3.14. The van der Waals surface area contributed by atoms with E-state index >= 15 is 0 Å². The Kier molecular flexibility index (Phi) is 6.21. The molecular weight excluding hydrogens is 390 g/mol. The van der Waals surface area contributed by atoms with Gasteiger partial charge in [0.2, 0.25) is 15.9 Å². The third-order valence-corrected chi connectivity index (χ3v) is 6.86. The van der Waals surface area contributed by atoms with E-state index < -0.39 is 10.0 Å². The molecule has 1 fully saturated rings. The van der Waals surface area contributed by atoms with Crippen LogP contribution in [0.3, 0.4) is 0 Å². The molecule has 1 aliphatic rings. The Morgan fingerprint density at radius 1 is 1.15 bits per heavy atom. The molecule has 0 atom stereocenters. The minimum absolute atomic E-state index is 0.0288. The van der Waals surface area contributed by atoms with Crippen LogP contribution in [0.25, 0.3) is 0 Å². The van der Waals surface area contributed by atoms with E-state index in [0.29, 0.717) is 19.6 Å². The Hall–Kier alpha value is -1.87. The van der Waals surface area contributed by atoms with Crippen molar-refractivity contribution in [3.05, 3.63) is 53.4 Å². The predicted molar refractivity (Wildman–Crippen MR) is 102 cm³/mol. The van der Waals surface area contributed by atoms with Crippen molar-refractivity contribution < 1.29 is 17.6 Å². The number of rotatable bonds is 6.